The number of carbonyl (C=O) groups excluding carboxylic acids is 2. The molecular weight excluding hydrogens is 707 g/mol. The van der Waals surface area contributed by atoms with E-state index in [1.807, 2.05) is 36.5 Å². The van der Waals surface area contributed by atoms with Crippen molar-refractivity contribution in [3.8, 4) is 0 Å². The summed E-state index contributed by atoms with van der Waals surface area (Å²) in [5.41, 5.74) is 0. The Kier molecular flexibility index (Phi) is 41.9. The van der Waals surface area contributed by atoms with Crippen molar-refractivity contribution in [3.63, 3.8) is 0 Å². The molecule has 0 fully saturated rings. The zero-order valence-electron chi connectivity index (χ0n) is 36.9. The van der Waals surface area contributed by atoms with Gasteiger partial charge in [0.05, 0.1) is 25.2 Å². The van der Waals surface area contributed by atoms with E-state index in [4.69, 9.17) is 4.74 Å². The quantitative estimate of drug-likeness (QED) is 0.0248. The summed E-state index contributed by atoms with van der Waals surface area (Å²) >= 11 is 0. The minimum absolute atomic E-state index is 0.0182. The van der Waals surface area contributed by atoms with Crippen molar-refractivity contribution in [2.45, 2.75) is 219 Å². The minimum atomic E-state index is -0.811. The molecule has 0 aliphatic rings. The molecule has 0 radical (unpaired) electrons. The number of carbonyl (C=O) groups is 2. The van der Waals surface area contributed by atoms with Gasteiger partial charge in [-0.3, -0.25) is 9.59 Å². The molecule has 0 aliphatic heterocycles. The number of allylic oxidation sites excluding steroid dienone is 14. The number of amides is 1. The third-order valence-electron chi connectivity index (χ3n) is 10.1. The van der Waals surface area contributed by atoms with Crippen molar-refractivity contribution in [3.05, 3.63) is 85.1 Å². The maximum atomic E-state index is 13.1. The number of nitrogens with one attached hydrogen (secondary N) is 1. The number of hydrogen-bond donors (Lipinski definition) is 3. The predicted octanol–water partition coefficient (Wildman–Crippen LogP) is 13.6. The van der Waals surface area contributed by atoms with Gasteiger partial charge in [-0.1, -0.05) is 202 Å². The summed E-state index contributed by atoms with van der Waals surface area (Å²) in [6, 6.07) is -0.730. The van der Waals surface area contributed by atoms with E-state index in [9.17, 15) is 19.8 Å². The van der Waals surface area contributed by atoms with Gasteiger partial charge in [-0.15, -0.1) is 0 Å². The summed E-state index contributed by atoms with van der Waals surface area (Å²) < 4.78 is 5.85. The maximum Gasteiger partial charge on any atom is 0.306 e. The highest BCUT2D eigenvalue weighted by Gasteiger charge is 2.24. The van der Waals surface area contributed by atoms with Gasteiger partial charge in [-0.2, -0.15) is 0 Å². The van der Waals surface area contributed by atoms with Crippen molar-refractivity contribution in [2.24, 2.45) is 0 Å². The highest BCUT2D eigenvalue weighted by atomic mass is 16.5. The average Bonchev–Trinajstić information content (AvgIpc) is 3.20. The Morgan fingerprint density at radius 3 is 1.67 bits per heavy atom. The van der Waals surface area contributed by atoms with E-state index in [0.717, 1.165) is 89.9 Å². The maximum absolute atomic E-state index is 13.1. The molecule has 0 rings (SSSR count). The van der Waals surface area contributed by atoms with Crippen LogP contribution in [-0.4, -0.2) is 46.9 Å². The van der Waals surface area contributed by atoms with Crippen LogP contribution in [0.4, 0.5) is 0 Å². The third kappa shape index (κ3) is 39.6. The molecule has 57 heavy (non-hydrogen) atoms. The summed E-state index contributed by atoms with van der Waals surface area (Å²) in [4.78, 5) is 26.0. The van der Waals surface area contributed by atoms with E-state index >= 15 is 0 Å². The highest BCUT2D eigenvalue weighted by Crippen LogP contribution is 2.16. The van der Waals surface area contributed by atoms with Gasteiger partial charge in [0.25, 0.3) is 0 Å². The summed E-state index contributed by atoms with van der Waals surface area (Å²) in [6.45, 7) is 6.18. The molecule has 0 heterocycles. The first-order valence-electron chi connectivity index (χ1n) is 23.4. The number of aliphatic hydroxyl groups excluding tert-OH is 2. The van der Waals surface area contributed by atoms with Crippen LogP contribution in [-0.2, 0) is 14.3 Å². The van der Waals surface area contributed by atoms with E-state index in [0.29, 0.717) is 19.3 Å². The molecule has 0 spiro atoms. The lowest BCUT2D eigenvalue weighted by Crippen LogP contribution is -2.46. The molecule has 0 aromatic heterocycles. The normalized spacial score (nSPS) is 14.1. The largest absolute Gasteiger partial charge is 0.462 e. The molecule has 0 aliphatic carbocycles. The molecule has 0 aromatic carbocycles. The number of rotatable bonds is 40. The summed E-state index contributed by atoms with van der Waals surface area (Å²) in [7, 11) is 0. The fourth-order valence-corrected chi connectivity index (χ4v) is 6.58. The highest BCUT2D eigenvalue weighted by molar-refractivity contribution is 5.77. The Bertz CT molecular complexity index is 1120. The molecular formula is C51H87NO5. The van der Waals surface area contributed by atoms with Crippen LogP contribution in [0.2, 0.25) is 0 Å². The van der Waals surface area contributed by atoms with Crippen molar-refractivity contribution >= 4 is 11.9 Å². The van der Waals surface area contributed by atoms with Gasteiger partial charge in [0, 0.05) is 6.42 Å². The fraction of sp³-hybridized carbons (Fsp3) is 0.686. The van der Waals surface area contributed by atoms with Crippen LogP contribution in [0.15, 0.2) is 85.1 Å². The Balaban J connectivity index is 4.69. The second-order valence-corrected chi connectivity index (χ2v) is 15.5. The second-order valence-electron chi connectivity index (χ2n) is 15.5. The molecule has 6 nitrogen and oxygen atoms in total. The summed E-state index contributed by atoms with van der Waals surface area (Å²) in [5.74, 6) is -0.577. The van der Waals surface area contributed by atoms with Crippen LogP contribution in [0.3, 0.4) is 0 Å². The smallest absolute Gasteiger partial charge is 0.306 e. The van der Waals surface area contributed by atoms with E-state index in [-0.39, 0.29) is 24.9 Å². The molecule has 0 bridgehead atoms. The minimum Gasteiger partial charge on any atom is -0.462 e. The van der Waals surface area contributed by atoms with E-state index in [1.54, 1.807) is 0 Å². The summed E-state index contributed by atoms with van der Waals surface area (Å²) in [5, 5.41) is 23.6. The van der Waals surface area contributed by atoms with Crippen molar-refractivity contribution in [2.75, 3.05) is 6.61 Å². The van der Waals surface area contributed by atoms with Gasteiger partial charge in [-0.05, 0) is 70.6 Å². The first kappa shape index (κ1) is 54.0. The Morgan fingerprint density at radius 2 is 1.05 bits per heavy atom. The van der Waals surface area contributed by atoms with Gasteiger partial charge < -0.3 is 20.3 Å². The monoisotopic (exact) mass is 794 g/mol. The molecule has 326 valence electrons. The van der Waals surface area contributed by atoms with E-state index in [1.165, 1.54) is 64.2 Å². The lowest BCUT2D eigenvalue weighted by molar-refractivity contribution is -0.151. The van der Waals surface area contributed by atoms with Crippen LogP contribution < -0.4 is 5.32 Å². The number of hydrogen-bond acceptors (Lipinski definition) is 5. The van der Waals surface area contributed by atoms with E-state index in [2.05, 4.69) is 74.7 Å². The average molecular weight is 794 g/mol. The van der Waals surface area contributed by atoms with E-state index < -0.39 is 18.2 Å². The molecule has 1 amide bonds. The molecule has 0 aromatic rings. The molecule has 0 saturated carbocycles. The van der Waals surface area contributed by atoms with Gasteiger partial charge in [0.1, 0.15) is 6.10 Å². The Hall–Kier alpha value is -2.96. The SMILES string of the molecule is CC/C=C/C=C/C=C\C=C/CCCC(CC(=O)NC(CO)C(O)CCCCCCCCCCCCCCC)OC(=O)CCCCCC/C=C/C/C=C/C/C=C/CC. The zero-order valence-corrected chi connectivity index (χ0v) is 36.9. The number of aliphatic hydroxyl groups is 2. The number of ether oxygens (including phenoxy) is 1. The van der Waals surface area contributed by atoms with Gasteiger partial charge in [-0.25, -0.2) is 0 Å². The molecule has 3 unspecified atom stereocenters. The topological polar surface area (TPSA) is 95.9 Å². The first-order chi connectivity index (χ1) is 28.0. The second kappa shape index (κ2) is 44.1. The molecule has 6 heteroatoms. The van der Waals surface area contributed by atoms with Crippen LogP contribution in [0.5, 0.6) is 0 Å². The number of unbranched alkanes of at least 4 members (excludes halogenated alkanes) is 17. The Morgan fingerprint density at radius 1 is 0.544 bits per heavy atom. The lowest BCUT2D eigenvalue weighted by atomic mass is 10.0. The van der Waals surface area contributed by atoms with Crippen LogP contribution >= 0.6 is 0 Å². The van der Waals surface area contributed by atoms with Crippen LogP contribution in [0.25, 0.3) is 0 Å². The lowest BCUT2D eigenvalue weighted by Gasteiger charge is -2.24. The van der Waals surface area contributed by atoms with Crippen molar-refractivity contribution in [1.29, 1.82) is 0 Å². The van der Waals surface area contributed by atoms with Gasteiger partial charge in [0.2, 0.25) is 5.91 Å². The molecule has 0 saturated heterocycles. The first-order valence-corrected chi connectivity index (χ1v) is 23.4. The fourth-order valence-electron chi connectivity index (χ4n) is 6.58. The third-order valence-corrected chi connectivity index (χ3v) is 10.1. The number of esters is 1. The van der Waals surface area contributed by atoms with Gasteiger partial charge >= 0.3 is 5.97 Å². The van der Waals surface area contributed by atoms with Crippen molar-refractivity contribution in [1.82, 2.24) is 5.32 Å². The Labute approximate surface area is 351 Å². The van der Waals surface area contributed by atoms with Crippen molar-refractivity contribution < 1.29 is 24.5 Å². The predicted molar refractivity (Wildman–Crippen MR) is 245 cm³/mol. The molecule has 3 atom stereocenters. The van der Waals surface area contributed by atoms with Gasteiger partial charge in [0.15, 0.2) is 0 Å². The standard InChI is InChI=1S/C51H87NO5/c1-4-7-10-13-16-19-22-24-26-29-32-35-38-41-44-51(56)57-47(42-39-36-33-30-27-21-18-15-12-9-6-3)45-50(55)52-48(46-53)49(54)43-40-37-34-31-28-25-23-20-17-14-11-8-5-2/h7,9-10,12,15-16,18-19,21,24,26-27,30,33,47-49,53-54H,4-6,8,11,13-14,17,20,22-23,25,28-29,31-32,34-46H2,1-3H3,(H,52,55)/b10-7+,12-9+,18-15+,19-16+,26-24+,27-21-,33-30-. The van der Waals surface area contributed by atoms with Crippen LogP contribution in [0.1, 0.15) is 201 Å². The molecule has 3 N–H and O–H groups in total. The van der Waals surface area contributed by atoms with Crippen LogP contribution in [0, 0.1) is 0 Å². The zero-order chi connectivity index (χ0) is 41.7. The summed E-state index contributed by atoms with van der Waals surface area (Å²) in [6.07, 6.45) is 56.5.